The van der Waals surface area contributed by atoms with E-state index in [2.05, 4.69) is 29.0 Å². The van der Waals surface area contributed by atoms with E-state index in [-0.39, 0.29) is 29.9 Å². The highest BCUT2D eigenvalue weighted by Gasteiger charge is 2.28. The van der Waals surface area contributed by atoms with E-state index in [9.17, 15) is 9.59 Å². The molecule has 3 atom stereocenters. The zero-order valence-corrected chi connectivity index (χ0v) is 21.6. The van der Waals surface area contributed by atoms with Gasteiger partial charge in [-0.1, -0.05) is 13.8 Å². The number of methoxy groups -OCH3 is 1. The maximum Gasteiger partial charge on any atom is 0.257 e. The van der Waals surface area contributed by atoms with Crippen molar-refractivity contribution in [1.29, 1.82) is 0 Å². The minimum atomic E-state index is -0.136. The number of amides is 2. The second-order valence-electron chi connectivity index (χ2n) is 8.96. The summed E-state index contributed by atoms with van der Waals surface area (Å²) < 4.78 is 12.0. The van der Waals surface area contributed by atoms with Crippen LogP contribution < -0.4 is 10.1 Å². The first-order valence-electron chi connectivity index (χ1n) is 11.8. The van der Waals surface area contributed by atoms with Crippen LogP contribution in [-0.4, -0.2) is 72.6 Å². The molecule has 0 fully saturated rings. The molecule has 2 aromatic rings. The summed E-state index contributed by atoms with van der Waals surface area (Å²) in [5.74, 6) is 0.468. The van der Waals surface area contributed by atoms with Gasteiger partial charge in [-0.05, 0) is 31.4 Å². The highest BCUT2D eigenvalue weighted by Crippen LogP contribution is 2.27. The van der Waals surface area contributed by atoms with Gasteiger partial charge in [0.1, 0.15) is 17.4 Å². The first kappa shape index (κ1) is 26.1. The van der Waals surface area contributed by atoms with Gasteiger partial charge in [0, 0.05) is 63.0 Å². The number of aromatic nitrogens is 1. The largest absolute Gasteiger partial charge is 0.491 e. The summed E-state index contributed by atoms with van der Waals surface area (Å²) in [5.41, 5.74) is 1.09. The molecule has 2 amide bonds. The summed E-state index contributed by atoms with van der Waals surface area (Å²) in [6.45, 7) is 8.59. The number of anilines is 1. The molecule has 0 spiro atoms. The molecule has 1 aromatic carbocycles. The Morgan fingerprint density at radius 2 is 2.12 bits per heavy atom. The van der Waals surface area contributed by atoms with E-state index < -0.39 is 0 Å². The summed E-state index contributed by atoms with van der Waals surface area (Å²) in [5, 5.41) is 5.93. The van der Waals surface area contributed by atoms with E-state index in [1.54, 1.807) is 48.6 Å². The van der Waals surface area contributed by atoms with Gasteiger partial charge in [0.05, 0.1) is 18.2 Å². The van der Waals surface area contributed by atoms with E-state index in [0.717, 1.165) is 24.5 Å². The average molecular weight is 489 g/mol. The fourth-order valence-corrected chi connectivity index (χ4v) is 4.74. The van der Waals surface area contributed by atoms with Gasteiger partial charge in [0.15, 0.2) is 0 Å². The molecule has 186 valence electrons. The molecular weight excluding hydrogens is 452 g/mol. The van der Waals surface area contributed by atoms with Crippen LogP contribution in [0, 0.1) is 5.92 Å². The molecule has 34 heavy (non-hydrogen) atoms. The molecule has 9 heteroatoms. The molecule has 0 aliphatic carbocycles. The quantitative estimate of drug-likeness (QED) is 0.664. The van der Waals surface area contributed by atoms with Gasteiger partial charge in [-0.2, -0.15) is 0 Å². The zero-order valence-electron chi connectivity index (χ0n) is 20.7. The molecule has 3 rings (SSSR count). The van der Waals surface area contributed by atoms with Gasteiger partial charge in [-0.25, -0.2) is 4.98 Å². The number of thiazole rings is 1. The summed E-state index contributed by atoms with van der Waals surface area (Å²) in [7, 11) is 3.48. The van der Waals surface area contributed by atoms with Crippen molar-refractivity contribution >= 4 is 28.8 Å². The lowest BCUT2D eigenvalue weighted by Crippen LogP contribution is -2.46. The van der Waals surface area contributed by atoms with Crippen molar-refractivity contribution in [1.82, 2.24) is 14.8 Å². The van der Waals surface area contributed by atoms with Crippen molar-refractivity contribution in [3.05, 3.63) is 40.3 Å². The number of rotatable bonds is 6. The Bertz CT molecular complexity index is 952. The van der Waals surface area contributed by atoms with Crippen molar-refractivity contribution in [3.63, 3.8) is 0 Å². The van der Waals surface area contributed by atoms with Crippen LogP contribution in [0.1, 0.15) is 49.0 Å². The maximum absolute atomic E-state index is 13.3. The molecule has 2 heterocycles. The van der Waals surface area contributed by atoms with Crippen LogP contribution in [0.5, 0.6) is 5.75 Å². The molecular formula is C25H36N4O4S. The number of carbonyl (C=O) groups is 2. The molecule has 0 radical (unpaired) electrons. The minimum absolute atomic E-state index is 0.0565. The Balaban J connectivity index is 1.92. The predicted molar refractivity (Wildman–Crippen MR) is 134 cm³/mol. The van der Waals surface area contributed by atoms with E-state index >= 15 is 0 Å². The maximum atomic E-state index is 13.3. The van der Waals surface area contributed by atoms with Crippen molar-refractivity contribution in [2.75, 3.05) is 39.2 Å². The first-order chi connectivity index (χ1) is 16.3. The number of nitrogens with zero attached hydrogens (tertiary/aromatic N) is 3. The third-order valence-electron chi connectivity index (χ3n) is 6.16. The number of hydrogen-bond acceptors (Lipinski definition) is 7. The summed E-state index contributed by atoms with van der Waals surface area (Å²) >= 11 is 1.64. The molecule has 0 unspecified atom stereocenters. The van der Waals surface area contributed by atoms with Crippen molar-refractivity contribution in [3.8, 4) is 5.75 Å². The Hall–Kier alpha value is -2.49. The van der Waals surface area contributed by atoms with Crippen LogP contribution in [0.15, 0.2) is 29.8 Å². The van der Waals surface area contributed by atoms with Crippen LogP contribution in [-0.2, 0) is 16.1 Å². The first-order valence-corrected chi connectivity index (χ1v) is 12.7. The standard InChI is InChI=1S/C25H36N4O4S/c1-6-7-23(30)27-19-8-9-20-21(12-19)33-16-18(3)29(15-24-26-10-11-34-24)13-17(2)22(32-5)14-28(4)25(20)31/h8-12,17-18,22H,6-7,13-16H2,1-5H3,(H,27,30)/t17-,18+,22-/m1/s1. The number of carbonyl (C=O) groups excluding carboxylic acids is 2. The van der Waals surface area contributed by atoms with Gasteiger partial charge in [0.25, 0.3) is 5.91 Å². The SMILES string of the molecule is CCCC(=O)Nc1ccc2c(c1)OC[C@H](C)N(Cc1nccs1)C[C@@H](C)[C@H](OC)CN(C)C2=O. The number of benzene rings is 1. The monoisotopic (exact) mass is 488 g/mol. The van der Waals surface area contributed by atoms with Gasteiger partial charge in [-0.3, -0.25) is 14.5 Å². The van der Waals surface area contributed by atoms with E-state index in [1.807, 2.05) is 18.5 Å². The van der Waals surface area contributed by atoms with Gasteiger partial charge < -0.3 is 19.7 Å². The van der Waals surface area contributed by atoms with E-state index in [0.29, 0.717) is 36.6 Å². The number of likely N-dealkylation sites (N-methyl/N-ethyl adjacent to an activating group) is 1. The molecule has 1 aliphatic heterocycles. The topological polar surface area (TPSA) is 84.0 Å². The smallest absolute Gasteiger partial charge is 0.257 e. The fraction of sp³-hybridized carbons (Fsp3) is 0.560. The van der Waals surface area contributed by atoms with Crippen LogP contribution in [0.4, 0.5) is 5.69 Å². The minimum Gasteiger partial charge on any atom is -0.491 e. The molecule has 8 nitrogen and oxygen atoms in total. The second kappa shape index (κ2) is 12.3. The number of ether oxygens (including phenoxy) is 2. The summed E-state index contributed by atoms with van der Waals surface area (Å²) in [4.78, 5) is 33.9. The Kier molecular flexibility index (Phi) is 9.44. The number of hydrogen-bond donors (Lipinski definition) is 1. The van der Waals surface area contributed by atoms with Crippen LogP contribution in [0.3, 0.4) is 0 Å². The predicted octanol–water partition coefficient (Wildman–Crippen LogP) is 3.89. The lowest BCUT2D eigenvalue weighted by Gasteiger charge is -2.35. The van der Waals surface area contributed by atoms with E-state index in [1.165, 1.54) is 0 Å². The van der Waals surface area contributed by atoms with Crippen LogP contribution in [0.2, 0.25) is 0 Å². The highest BCUT2D eigenvalue weighted by atomic mass is 32.1. The van der Waals surface area contributed by atoms with Crippen molar-refractivity contribution < 1.29 is 19.1 Å². The lowest BCUT2D eigenvalue weighted by atomic mass is 10.0. The Labute approximate surface area is 206 Å². The Morgan fingerprint density at radius 3 is 2.79 bits per heavy atom. The number of fused-ring (bicyclic) bond motifs is 1. The normalized spacial score (nSPS) is 22.3. The Morgan fingerprint density at radius 1 is 1.32 bits per heavy atom. The molecule has 0 bridgehead atoms. The fourth-order valence-electron chi connectivity index (χ4n) is 4.10. The van der Waals surface area contributed by atoms with Gasteiger partial charge in [-0.15, -0.1) is 11.3 Å². The molecule has 1 N–H and O–H groups in total. The van der Waals surface area contributed by atoms with Crippen molar-refractivity contribution in [2.45, 2.75) is 52.3 Å². The zero-order chi connectivity index (χ0) is 24.7. The molecule has 1 aromatic heterocycles. The lowest BCUT2D eigenvalue weighted by molar-refractivity contribution is -0.116. The van der Waals surface area contributed by atoms with Gasteiger partial charge in [0.2, 0.25) is 5.91 Å². The van der Waals surface area contributed by atoms with Crippen LogP contribution in [0.25, 0.3) is 0 Å². The van der Waals surface area contributed by atoms with Crippen molar-refractivity contribution in [2.24, 2.45) is 5.92 Å². The summed E-state index contributed by atoms with van der Waals surface area (Å²) in [6.07, 6.45) is 2.92. The average Bonchev–Trinajstić information content (AvgIpc) is 3.32. The third kappa shape index (κ3) is 6.77. The molecule has 0 saturated heterocycles. The van der Waals surface area contributed by atoms with Gasteiger partial charge >= 0.3 is 0 Å². The van der Waals surface area contributed by atoms with Crippen LogP contribution >= 0.6 is 11.3 Å². The second-order valence-corrected chi connectivity index (χ2v) is 9.94. The molecule has 1 aliphatic rings. The summed E-state index contributed by atoms with van der Waals surface area (Å²) in [6, 6.07) is 5.30. The molecule has 0 saturated carbocycles. The van der Waals surface area contributed by atoms with E-state index in [4.69, 9.17) is 9.47 Å². The highest BCUT2D eigenvalue weighted by molar-refractivity contribution is 7.09. The number of nitrogens with one attached hydrogen (secondary N) is 1. The third-order valence-corrected chi connectivity index (χ3v) is 6.92.